The second-order valence-electron chi connectivity index (χ2n) is 3.69. The zero-order chi connectivity index (χ0) is 7.94. The molecule has 1 saturated carbocycles. The van der Waals surface area contributed by atoms with Gasteiger partial charge in [0.05, 0.1) is 0 Å². The third-order valence-corrected chi connectivity index (χ3v) is 3.28. The van der Waals surface area contributed by atoms with E-state index in [0.29, 0.717) is 0 Å². The summed E-state index contributed by atoms with van der Waals surface area (Å²) in [6.07, 6.45) is 11.8. The van der Waals surface area contributed by atoms with Crippen LogP contribution in [0.25, 0.3) is 0 Å². The number of hydrogen-bond donors (Lipinski definition) is 0. The van der Waals surface area contributed by atoms with Gasteiger partial charge in [-0.3, -0.25) is 0 Å². The maximum Gasteiger partial charge on any atom is 0.00313 e. The van der Waals surface area contributed by atoms with Crippen LogP contribution in [0.3, 0.4) is 0 Å². The van der Waals surface area contributed by atoms with E-state index in [9.17, 15) is 0 Å². The van der Waals surface area contributed by atoms with Crippen molar-refractivity contribution in [1.82, 2.24) is 0 Å². The second-order valence-corrected chi connectivity index (χ2v) is 4.48. The molecule has 1 heteroatoms. The van der Waals surface area contributed by atoms with E-state index in [1.54, 1.807) is 0 Å². The molecule has 0 aromatic heterocycles. The minimum Gasteiger partial charge on any atom is -0.0928 e. The fraction of sp³-hybridized carbons (Fsp3) is 1.00. The van der Waals surface area contributed by atoms with Crippen molar-refractivity contribution in [2.75, 3.05) is 5.33 Å². The lowest BCUT2D eigenvalue weighted by Crippen LogP contribution is -1.92. The van der Waals surface area contributed by atoms with Crippen molar-refractivity contribution in [3.63, 3.8) is 0 Å². The molecule has 0 amide bonds. The molecule has 0 saturated heterocycles. The van der Waals surface area contributed by atoms with Crippen molar-refractivity contribution >= 4 is 15.9 Å². The van der Waals surface area contributed by atoms with Gasteiger partial charge in [-0.05, 0) is 12.3 Å². The Balaban J connectivity index is 1.86. The van der Waals surface area contributed by atoms with Crippen LogP contribution in [-0.2, 0) is 0 Å². The summed E-state index contributed by atoms with van der Waals surface area (Å²) < 4.78 is 0. The van der Waals surface area contributed by atoms with Gasteiger partial charge >= 0.3 is 0 Å². The van der Waals surface area contributed by atoms with Crippen LogP contribution in [0.1, 0.15) is 51.4 Å². The van der Waals surface area contributed by atoms with Gasteiger partial charge in [0.1, 0.15) is 0 Å². The molecule has 0 nitrogen and oxygen atoms in total. The molecule has 11 heavy (non-hydrogen) atoms. The molecule has 1 fully saturated rings. The van der Waals surface area contributed by atoms with Crippen LogP contribution in [-0.4, -0.2) is 5.33 Å². The molecule has 1 aliphatic carbocycles. The Labute approximate surface area is 78.9 Å². The molecule has 0 aliphatic heterocycles. The summed E-state index contributed by atoms with van der Waals surface area (Å²) in [4.78, 5) is 0. The van der Waals surface area contributed by atoms with Crippen LogP contribution in [0.4, 0.5) is 0 Å². The first-order chi connectivity index (χ1) is 5.43. The standard InChI is InChI=1S/C10H19Br/c11-9-5-1-2-6-10-7-3-4-8-10/h10H,1-9H2. The van der Waals surface area contributed by atoms with E-state index in [1.807, 2.05) is 0 Å². The number of rotatable bonds is 5. The lowest BCUT2D eigenvalue weighted by atomic mass is 10.0. The van der Waals surface area contributed by atoms with E-state index in [1.165, 1.54) is 56.7 Å². The van der Waals surface area contributed by atoms with Crippen molar-refractivity contribution in [3.8, 4) is 0 Å². The zero-order valence-electron chi connectivity index (χ0n) is 7.32. The highest BCUT2D eigenvalue weighted by Gasteiger charge is 2.13. The molecule has 0 unspecified atom stereocenters. The van der Waals surface area contributed by atoms with E-state index in [4.69, 9.17) is 0 Å². The second kappa shape index (κ2) is 6.05. The molecule has 0 spiro atoms. The van der Waals surface area contributed by atoms with Crippen molar-refractivity contribution in [2.24, 2.45) is 5.92 Å². The van der Waals surface area contributed by atoms with Crippen LogP contribution in [0.15, 0.2) is 0 Å². The average molecular weight is 219 g/mol. The Morgan fingerprint density at radius 2 is 1.73 bits per heavy atom. The molecule has 0 aromatic rings. The van der Waals surface area contributed by atoms with E-state index >= 15 is 0 Å². The molecule has 0 aromatic carbocycles. The molecule has 1 aliphatic rings. The zero-order valence-corrected chi connectivity index (χ0v) is 8.91. The summed E-state index contributed by atoms with van der Waals surface area (Å²) >= 11 is 3.46. The monoisotopic (exact) mass is 218 g/mol. The van der Waals surface area contributed by atoms with Crippen LogP contribution in [0.5, 0.6) is 0 Å². The maximum absolute atomic E-state index is 3.46. The maximum atomic E-state index is 3.46. The molecule has 0 radical (unpaired) electrons. The van der Waals surface area contributed by atoms with Gasteiger partial charge < -0.3 is 0 Å². The normalized spacial score (nSPS) is 19.4. The quantitative estimate of drug-likeness (QED) is 0.481. The molecular formula is C10H19Br. The lowest BCUT2D eigenvalue weighted by Gasteiger charge is -2.06. The van der Waals surface area contributed by atoms with Gasteiger partial charge in [0.15, 0.2) is 0 Å². The Morgan fingerprint density at radius 1 is 1.00 bits per heavy atom. The van der Waals surface area contributed by atoms with Crippen molar-refractivity contribution in [2.45, 2.75) is 51.4 Å². The Kier molecular flexibility index (Phi) is 5.26. The third kappa shape index (κ3) is 4.15. The van der Waals surface area contributed by atoms with E-state index in [-0.39, 0.29) is 0 Å². The van der Waals surface area contributed by atoms with Crippen LogP contribution >= 0.6 is 15.9 Å². The summed E-state index contributed by atoms with van der Waals surface area (Å²) in [5.74, 6) is 1.10. The molecule has 0 N–H and O–H groups in total. The summed E-state index contributed by atoms with van der Waals surface area (Å²) in [7, 11) is 0. The highest BCUT2D eigenvalue weighted by atomic mass is 79.9. The fourth-order valence-electron chi connectivity index (χ4n) is 2.00. The lowest BCUT2D eigenvalue weighted by molar-refractivity contribution is 0.472. The van der Waals surface area contributed by atoms with Crippen LogP contribution in [0.2, 0.25) is 0 Å². The van der Waals surface area contributed by atoms with Crippen molar-refractivity contribution in [3.05, 3.63) is 0 Å². The number of hydrogen-bond acceptors (Lipinski definition) is 0. The fourth-order valence-corrected chi connectivity index (χ4v) is 2.40. The van der Waals surface area contributed by atoms with Crippen LogP contribution < -0.4 is 0 Å². The average Bonchev–Trinajstić information content (AvgIpc) is 2.50. The Hall–Kier alpha value is 0.480. The van der Waals surface area contributed by atoms with Gasteiger partial charge in [0.2, 0.25) is 0 Å². The highest BCUT2D eigenvalue weighted by Crippen LogP contribution is 2.29. The molecule has 1 rings (SSSR count). The van der Waals surface area contributed by atoms with Gasteiger partial charge in [-0.1, -0.05) is 60.9 Å². The van der Waals surface area contributed by atoms with Gasteiger partial charge in [0.25, 0.3) is 0 Å². The van der Waals surface area contributed by atoms with Gasteiger partial charge in [0, 0.05) is 5.33 Å². The third-order valence-electron chi connectivity index (χ3n) is 2.72. The van der Waals surface area contributed by atoms with Crippen molar-refractivity contribution in [1.29, 1.82) is 0 Å². The van der Waals surface area contributed by atoms with E-state index in [2.05, 4.69) is 15.9 Å². The minimum absolute atomic E-state index is 1.10. The molecule has 66 valence electrons. The van der Waals surface area contributed by atoms with Crippen LogP contribution in [0, 0.1) is 5.92 Å². The largest absolute Gasteiger partial charge is 0.0928 e. The SMILES string of the molecule is BrCCCCCC1CCCC1. The smallest absolute Gasteiger partial charge is 0.00313 e. The predicted octanol–water partition coefficient (Wildman–Crippen LogP) is 4.13. The first-order valence-electron chi connectivity index (χ1n) is 4.99. The topological polar surface area (TPSA) is 0 Å². The number of unbranched alkanes of at least 4 members (excludes halogenated alkanes) is 2. The summed E-state index contributed by atoms with van der Waals surface area (Å²) in [5.41, 5.74) is 0. The van der Waals surface area contributed by atoms with Gasteiger partial charge in [-0.2, -0.15) is 0 Å². The summed E-state index contributed by atoms with van der Waals surface area (Å²) in [6.45, 7) is 0. The van der Waals surface area contributed by atoms with E-state index < -0.39 is 0 Å². The number of alkyl halides is 1. The molecule has 0 bridgehead atoms. The molecular weight excluding hydrogens is 200 g/mol. The first kappa shape index (κ1) is 9.57. The Morgan fingerprint density at radius 3 is 2.36 bits per heavy atom. The molecule has 0 atom stereocenters. The van der Waals surface area contributed by atoms with E-state index in [0.717, 1.165) is 5.92 Å². The predicted molar refractivity (Wildman–Crippen MR) is 54.2 cm³/mol. The number of halogens is 1. The molecule has 0 heterocycles. The van der Waals surface area contributed by atoms with Crippen molar-refractivity contribution < 1.29 is 0 Å². The first-order valence-corrected chi connectivity index (χ1v) is 6.11. The van der Waals surface area contributed by atoms with Gasteiger partial charge in [-0.15, -0.1) is 0 Å². The Bertz CT molecular complexity index is 84.9. The summed E-state index contributed by atoms with van der Waals surface area (Å²) in [5, 5.41) is 1.19. The van der Waals surface area contributed by atoms with Gasteiger partial charge in [-0.25, -0.2) is 0 Å². The minimum atomic E-state index is 1.10. The summed E-state index contributed by atoms with van der Waals surface area (Å²) in [6, 6.07) is 0. The highest BCUT2D eigenvalue weighted by molar-refractivity contribution is 9.09.